The van der Waals surface area contributed by atoms with E-state index in [2.05, 4.69) is 4.90 Å². The maximum atomic E-state index is 13.7. The zero-order valence-corrected chi connectivity index (χ0v) is 23.1. The number of hydrogen-bond donors (Lipinski definition) is 0. The first-order valence-corrected chi connectivity index (χ1v) is 14.6. The van der Waals surface area contributed by atoms with Gasteiger partial charge in [-0.25, -0.2) is 12.4 Å². The summed E-state index contributed by atoms with van der Waals surface area (Å²) >= 11 is 0. The molecule has 202 valence electrons. The number of methoxy groups -OCH3 is 1. The van der Waals surface area contributed by atoms with Crippen LogP contribution in [0.5, 0.6) is 11.5 Å². The molecule has 39 heavy (non-hydrogen) atoms. The van der Waals surface area contributed by atoms with Crippen LogP contribution in [-0.4, -0.2) is 67.5 Å². The van der Waals surface area contributed by atoms with Gasteiger partial charge in [0.1, 0.15) is 11.5 Å². The molecule has 0 bridgehead atoms. The Balaban J connectivity index is 1.39. The van der Waals surface area contributed by atoms with Crippen molar-refractivity contribution < 1.29 is 22.7 Å². The SMILES string of the molecule is COc1ccc2c(c1)-c1c(CN3CCN(C(=O)c4ccccc4)CC3)c3cc(OC(C)C)ccc3n1S2(=O)=O. The van der Waals surface area contributed by atoms with Crippen LogP contribution in [0.4, 0.5) is 0 Å². The molecule has 8 nitrogen and oxygen atoms in total. The number of rotatable bonds is 6. The quantitative estimate of drug-likeness (QED) is 0.310. The molecule has 9 heteroatoms. The third-order valence-corrected chi connectivity index (χ3v) is 9.17. The Bertz CT molecular complexity index is 1670. The van der Waals surface area contributed by atoms with Crippen molar-refractivity contribution in [3.8, 4) is 22.8 Å². The fourth-order valence-electron chi connectivity index (χ4n) is 5.57. The highest BCUT2D eigenvalue weighted by molar-refractivity contribution is 7.90. The van der Waals surface area contributed by atoms with Gasteiger partial charge >= 0.3 is 0 Å². The van der Waals surface area contributed by atoms with E-state index in [9.17, 15) is 13.2 Å². The molecule has 0 saturated carbocycles. The number of piperazine rings is 1. The molecule has 0 spiro atoms. The second-order valence-corrected chi connectivity index (χ2v) is 12.0. The van der Waals surface area contributed by atoms with E-state index in [0.717, 1.165) is 10.9 Å². The highest BCUT2D eigenvalue weighted by Crippen LogP contribution is 2.47. The molecule has 4 aromatic rings. The molecular weight excluding hydrogens is 514 g/mol. The Labute approximate surface area is 228 Å². The second-order valence-electron chi connectivity index (χ2n) is 10.2. The molecule has 0 radical (unpaired) electrons. The molecule has 3 heterocycles. The Kier molecular flexibility index (Phi) is 6.35. The lowest BCUT2D eigenvalue weighted by Gasteiger charge is -2.35. The Morgan fingerprint density at radius 2 is 1.64 bits per heavy atom. The monoisotopic (exact) mass is 545 g/mol. The summed E-state index contributed by atoms with van der Waals surface area (Å²) in [4.78, 5) is 17.4. The fourth-order valence-corrected chi connectivity index (χ4v) is 7.31. The molecule has 6 rings (SSSR count). The molecular formula is C30H31N3O5S. The molecule has 1 saturated heterocycles. The van der Waals surface area contributed by atoms with Crippen LogP contribution >= 0.6 is 0 Å². The van der Waals surface area contributed by atoms with Gasteiger partial charge in [0.15, 0.2) is 0 Å². The van der Waals surface area contributed by atoms with Crippen LogP contribution < -0.4 is 9.47 Å². The van der Waals surface area contributed by atoms with Crippen molar-refractivity contribution in [2.24, 2.45) is 0 Å². The zero-order chi connectivity index (χ0) is 27.3. The van der Waals surface area contributed by atoms with Crippen molar-refractivity contribution in [1.82, 2.24) is 13.8 Å². The maximum Gasteiger partial charge on any atom is 0.269 e. The third kappa shape index (κ3) is 4.35. The van der Waals surface area contributed by atoms with Crippen molar-refractivity contribution in [1.29, 1.82) is 0 Å². The van der Waals surface area contributed by atoms with Gasteiger partial charge in [-0.15, -0.1) is 0 Å². The number of ether oxygens (including phenoxy) is 2. The van der Waals surface area contributed by atoms with E-state index in [0.29, 0.717) is 66.6 Å². The number of benzene rings is 3. The minimum Gasteiger partial charge on any atom is -0.497 e. The lowest BCUT2D eigenvalue weighted by molar-refractivity contribution is 0.0629. The number of carbonyl (C=O) groups is 1. The van der Waals surface area contributed by atoms with E-state index in [4.69, 9.17) is 9.47 Å². The molecule has 2 aliphatic rings. The summed E-state index contributed by atoms with van der Waals surface area (Å²) < 4.78 is 40.4. The number of carbonyl (C=O) groups excluding carboxylic acids is 1. The van der Waals surface area contributed by atoms with Crippen molar-refractivity contribution >= 4 is 26.8 Å². The van der Waals surface area contributed by atoms with Gasteiger partial charge in [-0.3, -0.25) is 9.69 Å². The van der Waals surface area contributed by atoms with E-state index in [1.54, 1.807) is 25.3 Å². The Morgan fingerprint density at radius 3 is 2.33 bits per heavy atom. The van der Waals surface area contributed by atoms with Crippen LogP contribution in [0.15, 0.2) is 71.6 Å². The van der Waals surface area contributed by atoms with Gasteiger partial charge in [0.25, 0.3) is 15.9 Å². The molecule has 3 aromatic carbocycles. The highest BCUT2D eigenvalue weighted by atomic mass is 32.2. The van der Waals surface area contributed by atoms with Crippen molar-refractivity contribution in [3.05, 3.63) is 77.9 Å². The van der Waals surface area contributed by atoms with Gasteiger partial charge in [-0.2, -0.15) is 0 Å². The van der Waals surface area contributed by atoms with Crippen LogP contribution in [0.1, 0.15) is 29.8 Å². The largest absolute Gasteiger partial charge is 0.497 e. The second kappa shape index (κ2) is 9.73. The summed E-state index contributed by atoms with van der Waals surface area (Å²) in [6, 6.07) is 20.0. The van der Waals surface area contributed by atoms with E-state index in [1.807, 2.05) is 67.3 Å². The predicted octanol–water partition coefficient (Wildman–Crippen LogP) is 4.61. The van der Waals surface area contributed by atoms with Gasteiger partial charge in [-0.1, -0.05) is 18.2 Å². The standard InChI is InChI=1S/C30H31N3O5S/c1-20(2)38-23-9-11-27-24(18-23)26(29-25-17-22(37-3)10-12-28(25)39(35,36)33(27)29)19-31-13-15-32(16-14-31)30(34)21-7-5-4-6-8-21/h4-12,17-18,20H,13-16,19H2,1-3H3. The van der Waals surface area contributed by atoms with Gasteiger partial charge < -0.3 is 14.4 Å². The summed E-state index contributed by atoms with van der Waals surface area (Å²) in [7, 11) is -2.20. The van der Waals surface area contributed by atoms with Crippen LogP contribution in [0.25, 0.3) is 22.2 Å². The Morgan fingerprint density at radius 1 is 0.923 bits per heavy atom. The summed E-state index contributed by atoms with van der Waals surface area (Å²) in [6.45, 7) is 7.05. The molecule has 0 unspecified atom stereocenters. The number of aromatic nitrogens is 1. The number of fused-ring (bicyclic) bond motifs is 5. The van der Waals surface area contributed by atoms with E-state index < -0.39 is 10.0 Å². The van der Waals surface area contributed by atoms with Gasteiger partial charge in [0.05, 0.1) is 29.3 Å². The first kappa shape index (κ1) is 25.5. The molecule has 0 N–H and O–H groups in total. The van der Waals surface area contributed by atoms with Gasteiger partial charge in [0, 0.05) is 54.8 Å². The first-order chi connectivity index (χ1) is 18.8. The average molecular weight is 546 g/mol. The van der Waals surface area contributed by atoms with Crippen LogP contribution in [0, 0.1) is 0 Å². The summed E-state index contributed by atoms with van der Waals surface area (Å²) in [5, 5.41) is 0.850. The van der Waals surface area contributed by atoms with Gasteiger partial charge in [0.2, 0.25) is 0 Å². The summed E-state index contributed by atoms with van der Waals surface area (Å²) in [5.41, 5.74) is 3.56. The van der Waals surface area contributed by atoms with E-state index in [1.165, 1.54) is 3.97 Å². The lowest BCUT2D eigenvalue weighted by atomic mass is 10.0. The minimum absolute atomic E-state index is 0.00990. The number of amides is 1. The molecule has 1 amide bonds. The molecule has 2 aliphatic heterocycles. The molecule has 0 atom stereocenters. The summed E-state index contributed by atoms with van der Waals surface area (Å²) in [5.74, 6) is 1.34. The molecule has 0 aliphatic carbocycles. The molecule has 1 fully saturated rings. The number of hydrogen-bond acceptors (Lipinski definition) is 6. The fraction of sp³-hybridized carbons (Fsp3) is 0.300. The van der Waals surface area contributed by atoms with Crippen LogP contribution in [0.2, 0.25) is 0 Å². The minimum atomic E-state index is -3.77. The normalized spacial score (nSPS) is 16.4. The van der Waals surface area contributed by atoms with Crippen LogP contribution in [0.3, 0.4) is 0 Å². The van der Waals surface area contributed by atoms with E-state index >= 15 is 0 Å². The van der Waals surface area contributed by atoms with Crippen LogP contribution in [-0.2, 0) is 16.6 Å². The third-order valence-electron chi connectivity index (χ3n) is 7.39. The Hall–Kier alpha value is -3.82. The predicted molar refractivity (Wildman–Crippen MR) is 150 cm³/mol. The summed E-state index contributed by atoms with van der Waals surface area (Å²) in [6.07, 6.45) is -0.00990. The smallest absolute Gasteiger partial charge is 0.269 e. The van der Waals surface area contributed by atoms with Crippen molar-refractivity contribution in [2.75, 3.05) is 33.3 Å². The van der Waals surface area contributed by atoms with Crippen molar-refractivity contribution in [3.63, 3.8) is 0 Å². The topological polar surface area (TPSA) is 81.1 Å². The maximum absolute atomic E-state index is 13.7. The zero-order valence-electron chi connectivity index (χ0n) is 22.3. The molecule has 1 aromatic heterocycles. The first-order valence-electron chi connectivity index (χ1n) is 13.1. The number of nitrogens with zero attached hydrogens (tertiary/aromatic N) is 3. The lowest BCUT2D eigenvalue weighted by Crippen LogP contribution is -2.48. The average Bonchev–Trinajstić information content (AvgIpc) is 3.38. The highest BCUT2D eigenvalue weighted by Gasteiger charge is 2.38. The van der Waals surface area contributed by atoms with Crippen molar-refractivity contribution in [2.45, 2.75) is 31.4 Å². The van der Waals surface area contributed by atoms with Gasteiger partial charge in [-0.05, 0) is 62.4 Å². The van der Waals surface area contributed by atoms with E-state index in [-0.39, 0.29) is 16.9 Å².